The van der Waals surface area contributed by atoms with Crippen molar-refractivity contribution in [3.05, 3.63) is 52.3 Å². The molecule has 0 N–H and O–H groups in total. The monoisotopic (exact) mass is 334 g/mol. The summed E-state index contributed by atoms with van der Waals surface area (Å²) in [6.07, 6.45) is 0. The SMILES string of the molecule is Cc1nn(C)c(Cl)c1CSc1nnnn1Cc1ccccc1. The van der Waals surface area contributed by atoms with Gasteiger partial charge < -0.3 is 0 Å². The van der Waals surface area contributed by atoms with Crippen LogP contribution in [0.2, 0.25) is 5.15 Å². The first-order chi connectivity index (χ1) is 10.6. The van der Waals surface area contributed by atoms with Crippen LogP contribution in [-0.4, -0.2) is 30.0 Å². The van der Waals surface area contributed by atoms with Gasteiger partial charge in [0.15, 0.2) is 0 Å². The molecule has 0 unspecified atom stereocenters. The van der Waals surface area contributed by atoms with Crippen LogP contribution in [0.1, 0.15) is 16.8 Å². The minimum absolute atomic E-state index is 0.649. The number of thioether (sulfide) groups is 1. The third-order valence-corrected chi connectivity index (χ3v) is 4.75. The van der Waals surface area contributed by atoms with Gasteiger partial charge in [-0.1, -0.05) is 53.7 Å². The summed E-state index contributed by atoms with van der Waals surface area (Å²) in [4.78, 5) is 0. The Morgan fingerprint density at radius 1 is 1.23 bits per heavy atom. The summed E-state index contributed by atoms with van der Waals surface area (Å²) < 4.78 is 3.47. The van der Waals surface area contributed by atoms with Crippen molar-refractivity contribution >= 4 is 23.4 Å². The average molecular weight is 335 g/mol. The van der Waals surface area contributed by atoms with E-state index in [2.05, 4.69) is 32.8 Å². The maximum Gasteiger partial charge on any atom is 0.209 e. The number of tetrazole rings is 1. The molecule has 2 heterocycles. The summed E-state index contributed by atoms with van der Waals surface area (Å²) in [5, 5.41) is 17.7. The first-order valence-electron chi connectivity index (χ1n) is 6.76. The molecule has 0 atom stereocenters. The minimum Gasteiger partial charge on any atom is -0.257 e. The number of aromatic nitrogens is 6. The van der Waals surface area contributed by atoms with Crippen molar-refractivity contribution in [1.82, 2.24) is 30.0 Å². The summed E-state index contributed by atoms with van der Waals surface area (Å²) in [6, 6.07) is 10.1. The smallest absolute Gasteiger partial charge is 0.209 e. The van der Waals surface area contributed by atoms with Gasteiger partial charge in [0.25, 0.3) is 0 Å². The van der Waals surface area contributed by atoms with E-state index in [0.29, 0.717) is 17.5 Å². The Morgan fingerprint density at radius 2 is 2.00 bits per heavy atom. The Balaban J connectivity index is 1.73. The van der Waals surface area contributed by atoms with E-state index in [-0.39, 0.29) is 0 Å². The van der Waals surface area contributed by atoms with E-state index in [4.69, 9.17) is 11.6 Å². The molecule has 2 aromatic heterocycles. The maximum atomic E-state index is 6.25. The van der Waals surface area contributed by atoms with Crippen LogP contribution in [0.25, 0.3) is 0 Å². The van der Waals surface area contributed by atoms with Crippen LogP contribution in [0, 0.1) is 6.92 Å². The first kappa shape index (κ1) is 15.1. The molecule has 0 spiro atoms. The summed E-state index contributed by atoms with van der Waals surface area (Å²) in [5.41, 5.74) is 3.11. The van der Waals surface area contributed by atoms with Crippen molar-refractivity contribution in [1.29, 1.82) is 0 Å². The second kappa shape index (κ2) is 6.50. The van der Waals surface area contributed by atoms with Crippen molar-refractivity contribution in [3.8, 4) is 0 Å². The largest absolute Gasteiger partial charge is 0.257 e. The molecule has 0 radical (unpaired) electrons. The number of hydrogen-bond donors (Lipinski definition) is 0. The molecular weight excluding hydrogens is 320 g/mol. The van der Waals surface area contributed by atoms with E-state index < -0.39 is 0 Å². The van der Waals surface area contributed by atoms with Gasteiger partial charge in [-0.25, -0.2) is 4.68 Å². The maximum absolute atomic E-state index is 6.25. The molecule has 22 heavy (non-hydrogen) atoms. The number of rotatable bonds is 5. The number of benzene rings is 1. The molecular formula is C14H15ClN6S. The van der Waals surface area contributed by atoms with Crippen molar-refractivity contribution in [2.45, 2.75) is 24.4 Å². The average Bonchev–Trinajstić information content (AvgIpc) is 3.04. The molecule has 0 bridgehead atoms. The lowest BCUT2D eigenvalue weighted by Gasteiger charge is -2.04. The van der Waals surface area contributed by atoms with Gasteiger partial charge >= 0.3 is 0 Å². The number of aryl methyl sites for hydroxylation is 2. The molecule has 0 saturated carbocycles. The third-order valence-electron chi connectivity index (χ3n) is 3.29. The number of hydrogen-bond acceptors (Lipinski definition) is 5. The zero-order chi connectivity index (χ0) is 15.5. The normalized spacial score (nSPS) is 11.0. The van der Waals surface area contributed by atoms with Crippen molar-refractivity contribution in [3.63, 3.8) is 0 Å². The van der Waals surface area contributed by atoms with E-state index in [0.717, 1.165) is 22.0 Å². The third kappa shape index (κ3) is 3.15. The fourth-order valence-electron chi connectivity index (χ4n) is 2.13. The molecule has 0 amide bonds. The van der Waals surface area contributed by atoms with Crippen LogP contribution in [-0.2, 0) is 19.3 Å². The van der Waals surface area contributed by atoms with Crippen LogP contribution < -0.4 is 0 Å². The van der Waals surface area contributed by atoms with Gasteiger partial charge in [0.1, 0.15) is 5.15 Å². The Bertz CT molecular complexity index is 767. The highest BCUT2D eigenvalue weighted by atomic mass is 35.5. The molecule has 3 rings (SSSR count). The Labute approximate surface area is 137 Å². The highest BCUT2D eigenvalue weighted by molar-refractivity contribution is 7.98. The molecule has 0 saturated heterocycles. The van der Waals surface area contributed by atoms with E-state index in [9.17, 15) is 0 Å². The van der Waals surface area contributed by atoms with Crippen LogP contribution in [0.3, 0.4) is 0 Å². The predicted octanol–water partition coefficient (Wildman–Crippen LogP) is 2.71. The molecule has 114 valence electrons. The summed E-state index contributed by atoms with van der Waals surface area (Å²) >= 11 is 7.81. The zero-order valence-electron chi connectivity index (χ0n) is 12.3. The summed E-state index contributed by atoms with van der Waals surface area (Å²) in [7, 11) is 1.84. The van der Waals surface area contributed by atoms with E-state index in [1.807, 2.05) is 32.2 Å². The number of nitrogens with zero attached hydrogens (tertiary/aromatic N) is 6. The van der Waals surface area contributed by atoms with Crippen molar-refractivity contribution in [2.24, 2.45) is 7.05 Å². The fourth-order valence-corrected chi connectivity index (χ4v) is 3.41. The van der Waals surface area contributed by atoms with Gasteiger partial charge in [0.05, 0.1) is 12.2 Å². The topological polar surface area (TPSA) is 61.4 Å². The van der Waals surface area contributed by atoms with E-state index >= 15 is 0 Å². The zero-order valence-corrected chi connectivity index (χ0v) is 13.8. The van der Waals surface area contributed by atoms with Crippen LogP contribution in [0.15, 0.2) is 35.5 Å². The van der Waals surface area contributed by atoms with Crippen LogP contribution in [0.4, 0.5) is 0 Å². The van der Waals surface area contributed by atoms with Gasteiger partial charge in [-0.2, -0.15) is 5.10 Å². The Hall–Kier alpha value is -1.86. The Kier molecular flexibility index (Phi) is 4.44. The first-order valence-corrected chi connectivity index (χ1v) is 8.12. The van der Waals surface area contributed by atoms with Gasteiger partial charge in [-0.15, -0.1) is 5.10 Å². The van der Waals surface area contributed by atoms with E-state index in [1.165, 1.54) is 0 Å². The molecule has 0 fully saturated rings. The molecule has 1 aromatic carbocycles. The lowest BCUT2D eigenvalue weighted by molar-refractivity contribution is 0.603. The lowest BCUT2D eigenvalue weighted by Crippen LogP contribution is -2.03. The standard InChI is InChI=1S/C14H15ClN6S/c1-10-12(13(15)20(2)17-10)9-22-14-16-18-19-21(14)8-11-6-4-3-5-7-11/h3-7H,8-9H2,1-2H3. The summed E-state index contributed by atoms with van der Waals surface area (Å²) in [5.74, 6) is 0.688. The molecule has 3 aromatic rings. The molecule has 8 heteroatoms. The van der Waals surface area contributed by atoms with Gasteiger partial charge in [-0.3, -0.25) is 4.68 Å². The van der Waals surface area contributed by atoms with Crippen LogP contribution >= 0.6 is 23.4 Å². The highest BCUT2D eigenvalue weighted by Gasteiger charge is 2.14. The minimum atomic E-state index is 0.649. The van der Waals surface area contributed by atoms with Crippen molar-refractivity contribution in [2.75, 3.05) is 0 Å². The van der Waals surface area contributed by atoms with Gasteiger partial charge in [0.2, 0.25) is 5.16 Å². The Morgan fingerprint density at radius 3 is 2.68 bits per heavy atom. The highest BCUT2D eigenvalue weighted by Crippen LogP contribution is 2.27. The van der Waals surface area contributed by atoms with Gasteiger partial charge in [0, 0.05) is 18.4 Å². The summed E-state index contributed by atoms with van der Waals surface area (Å²) in [6.45, 7) is 2.60. The molecule has 0 aliphatic heterocycles. The van der Waals surface area contributed by atoms with Crippen molar-refractivity contribution < 1.29 is 0 Å². The molecule has 0 aliphatic carbocycles. The van der Waals surface area contributed by atoms with Crippen LogP contribution in [0.5, 0.6) is 0 Å². The number of halogens is 1. The molecule has 6 nitrogen and oxygen atoms in total. The van der Waals surface area contributed by atoms with E-state index in [1.54, 1.807) is 21.1 Å². The quantitative estimate of drug-likeness (QED) is 0.671. The fraction of sp³-hybridized carbons (Fsp3) is 0.286. The van der Waals surface area contributed by atoms with Gasteiger partial charge in [-0.05, 0) is 22.9 Å². The predicted molar refractivity (Wildman–Crippen MR) is 85.9 cm³/mol. The lowest BCUT2D eigenvalue weighted by atomic mass is 10.2. The molecule has 0 aliphatic rings. The second-order valence-electron chi connectivity index (χ2n) is 4.87. The second-order valence-corrected chi connectivity index (χ2v) is 6.17.